The van der Waals surface area contributed by atoms with Gasteiger partial charge in [-0.25, -0.2) is 0 Å². The van der Waals surface area contributed by atoms with E-state index in [0.29, 0.717) is 37.1 Å². The predicted molar refractivity (Wildman–Crippen MR) is 123 cm³/mol. The summed E-state index contributed by atoms with van der Waals surface area (Å²) in [5, 5.41) is 15.2. The number of piperazine rings is 1. The average Bonchev–Trinajstić information content (AvgIpc) is 2.77. The third-order valence-electron chi connectivity index (χ3n) is 5.90. The molecule has 1 heterocycles. The van der Waals surface area contributed by atoms with Crippen molar-refractivity contribution in [2.45, 2.75) is 13.8 Å². The number of aryl methyl sites for hydroxylation is 2. The lowest BCUT2D eigenvalue weighted by molar-refractivity contribution is -0.117. The molecule has 0 radical (unpaired) electrons. The van der Waals surface area contributed by atoms with E-state index in [0.717, 1.165) is 22.2 Å². The third kappa shape index (κ3) is 4.39. The van der Waals surface area contributed by atoms with Crippen LogP contribution < -0.4 is 5.32 Å². The summed E-state index contributed by atoms with van der Waals surface area (Å²) < 4.78 is 0. The summed E-state index contributed by atoms with van der Waals surface area (Å²) in [6.45, 7) is 6.51. The van der Waals surface area contributed by atoms with Crippen LogP contribution in [0, 0.1) is 13.8 Å². The van der Waals surface area contributed by atoms with E-state index in [1.807, 2.05) is 67.3 Å². The third-order valence-corrected chi connectivity index (χ3v) is 5.90. The molecule has 0 aromatic heterocycles. The van der Waals surface area contributed by atoms with Crippen molar-refractivity contribution in [2.24, 2.45) is 0 Å². The first-order chi connectivity index (χ1) is 14.9. The molecule has 1 aliphatic rings. The Bertz CT molecular complexity index is 1110. The van der Waals surface area contributed by atoms with Crippen LogP contribution in [0.3, 0.4) is 0 Å². The molecule has 31 heavy (non-hydrogen) atoms. The number of nitrogens with zero attached hydrogens (tertiary/aromatic N) is 2. The summed E-state index contributed by atoms with van der Waals surface area (Å²) in [5.74, 6) is -0.203. The number of aromatic hydroxyl groups is 1. The fourth-order valence-corrected chi connectivity index (χ4v) is 4.10. The molecule has 160 valence electrons. The van der Waals surface area contributed by atoms with Crippen LogP contribution in [0.2, 0.25) is 0 Å². The normalized spacial score (nSPS) is 14.6. The maximum atomic E-state index is 13.0. The largest absolute Gasteiger partial charge is 0.506 e. The number of benzene rings is 3. The molecule has 3 aromatic rings. The Morgan fingerprint density at radius 2 is 1.58 bits per heavy atom. The molecule has 0 atom stereocenters. The van der Waals surface area contributed by atoms with Crippen LogP contribution in [0.4, 0.5) is 5.69 Å². The monoisotopic (exact) mass is 417 g/mol. The summed E-state index contributed by atoms with van der Waals surface area (Å²) in [7, 11) is 0. The molecular weight excluding hydrogens is 390 g/mol. The Morgan fingerprint density at radius 3 is 2.29 bits per heavy atom. The summed E-state index contributed by atoms with van der Waals surface area (Å²) in [5.41, 5.74) is 3.27. The molecular formula is C25H27N3O3. The number of para-hydroxylation sites is 1. The first kappa shape index (κ1) is 20.9. The molecule has 1 aliphatic heterocycles. The summed E-state index contributed by atoms with van der Waals surface area (Å²) >= 11 is 0. The zero-order valence-electron chi connectivity index (χ0n) is 17.9. The van der Waals surface area contributed by atoms with Crippen molar-refractivity contribution in [1.29, 1.82) is 0 Å². The van der Waals surface area contributed by atoms with Gasteiger partial charge in [-0.2, -0.15) is 0 Å². The lowest BCUT2D eigenvalue weighted by atomic mass is 10.0. The van der Waals surface area contributed by atoms with Gasteiger partial charge in [0.05, 0.1) is 12.1 Å². The maximum absolute atomic E-state index is 13.0. The van der Waals surface area contributed by atoms with Gasteiger partial charge in [-0.3, -0.25) is 14.5 Å². The second-order valence-corrected chi connectivity index (χ2v) is 8.07. The molecule has 6 heteroatoms. The van der Waals surface area contributed by atoms with Gasteiger partial charge in [-0.15, -0.1) is 0 Å². The highest BCUT2D eigenvalue weighted by atomic mass is 16.3. The Hall–Kier alpha value is -3.38. The molecule has 0 saturated carbocycles. The van der Waals surface area contributed by atoms with Crippen molar-refractivity contribution in [3.63, 3.8) is 0 Å². The van der Waals surface area contributed by atoms with Crippen LogP contribution in [0.25, 0.3) is 10.8 Å². The zero-order valence-corrected chi connectivity index (χ0v) is 17.9. The molecule has 0 unspecified atom stereocenters. The van der Waals surface area contributed by atoms with E-state index in [1.54, 1.807) is 11.0 Å². The van der Waals surface area contributed by atoms with Crippen molar-refractivity contribution >= 4 is 28.3 Å². The standard InChI is InChI=1S/C25H27N3O3/c1-17-6-5-7-18(2)23(17)26-22(29)16-27-12-14-28(15-13-27)25(31)21-11-10-19-8-3-4-9-20(19)24(21)30/h3-11,30H,12-16H2,1-2H3,(H,26,29). The van der Waals surface area contributed by atoms with E-state index in [9.17, 15) is 14.7 Å². The highest BCUT2D eigenvalue weighted by molar-refractivity contribution is 6.03. The Labute approximate surface area is 182 Å². The van der Waals surface area contributed by atoms with E-state index in [-0.39, 0.29) is 24.1 Å². The number of fused-ring (bicyclic) bond motifs is 1. The molecule has 2 amide bonds. The van der Waals surface area contributed by atoms with E-state index >= 15 is 0 Å². The lowest BCUT2D eigenvalue weighted by Gasteiger charge is -2.34. The number of hydrogen-bond acceptors (Lipinski definition) is 4. The molecule has 0 bridgehead atoms. The number of rotatable bonds is 4. The predicted octanol–water partition coefficient (Wildman–Crippen LogP) is 3.56. The van der Waals surface area contributed by atoms with Crippen LogP contribution in [-0.4, -0.2) is 59.4 Å². The van der Waals surface area contributed by atoms with Crippen LogP contribution in [0.5, 0.6) is 5.75 Å². The van der Waals surface area contributed by atoms with Crippen molar-refractivity contribution < 1.29 is 14.7 Å². The van der Waals surface area contributed by atoms with Gasteiger partial charge in [0, 0.05) is 37.3 Å². The molecule has 0 aliphatic carbocycles. The van der Waals surface area contributed by atoms with Crippen molar-refractivity contribution in [1.82, 2.24) is 9.80 Å². The summed E-state index contributed by atoms with van der Waals surface area (Å²) in [6, 6.07) is 17.0. The fourth-order valence-electron chi connectivity index (χ4n) is 4.10. The minimum Gasteiger partial charge on any atom is -0.506 e. The van der Waals surface area contributed by atoms with Crippen LogP contribution in [-0.2, 0) is 4.79 Å². The van der Waals surface area contributed by atoms with E-state index in [2.05, 4.69) is 5.32 Å². The number of anilines is 1. The number of nitrogens with one attached hydrogen (secondary N) is 1. The molecule has 3 aromatic carbocycles. The van der Waals surface area contributed by atoms with Crippen molar-refractivity contribution in [3.05, 3.63) is 71.3 Å². The molecule has 6 nitrogen and oxygen atoms in total. The van der Waals surface area contributed by atoms with Crippen molar-refractivity contribution in [2.75, 3.05) is 38.0 Å². The van der Waals surface area contributed by atoms with E-state index < -0.39 is 0 Å². The lowest BCUT2D eigenvalue weighted by Crippen LogP contribution is -2.50. The Balaban J connectivity index is 1.36. The van der Waals surface area contributed by atoms with E-state index in [1.165, 1.54) is 0 Å². The first-order valence-corrected chi connectivity index (χ1v) is 10.5. The Kier molecular flexibility index (Phi) is 5.91. The summed E-state index contributed by atoms with van der Waals surface area (Å²) in [4.78, 5) is 29.3. The quantitative estimate of drug-likeness (QED) is 0.681. The molecule has 1 fully saturated rings. The van der Waals surface area contributed by atoms with Gasteiger partial charge in [0.2, 0.25) is 5.91 Å². The number of phenols is 1. The number of carbonyl (C=O) groups excluding carboxylic acids is 2. The minimum absolute atomic E-state index is 0.0264. The first-order valence-electron chi connectivity index (χ1n) is 10.5. The van der Waals surface area contributed by atoms with Gasteiger partial charge >= 0.3 is 0 Å². The number of hydrogen-bond donors (Lipinski definition) is 2. The van der Waals surface area contributed by atoms with Crippen LogP contribution in [0.15, 0.2) is 54.6 Å². The second kappa shape index (κ2) is 8.78. The highest BCUT2D eigenvalue weighted by Crippen LogP contribution is 2.29. The molecule has 2 N–H and O–H groups in total. The fraction of sp³-hybridized carbons (Fsp3) is 0.280. The SMILES string of the molecule is Cc1cccc(C)c1NC(=O)CN1CCN(C(=O)c2ccc3ccccc3c2O)CC1. The number of carbonyl (C=O) groups is 2. The van der Waals surface area contributed by atoms with Gasteiger partial charge in [0.15, 0.2) is 0 Å². The van der Waals surface area contributed by atoms with Gasteiger partial charge in [-0.1, -0.05) is 48.5 Å². The number of phenolic OH excluding ortho intramolecular Hbond substituents is 1. The average molecular weight is 418 g/mol. The highest BCUT2D eigenvalue weighted by Gasteiger charge is 2.25. The van der Waals surface area contributed by atoms with Gasteiger partial charge in [-0.05, 0) is 36.4 Å². The van der Waals surface area contributed by atoms with Gasteiger partial charge in [0.25, 0.3) is 5.91 Å². The van der Waals surface area contributed by atoms with Crippen molar-refractivity contribution in [3.8, 4) is 5.75 Å². The van der Waals surface area contributed by atoms with E-state index in [4.69, 9.17) is 0 Å². The zero-order chi connectivity index (χ0) is 22.0. The topological polar surface area (TPSA) is 72.9 Å². The number of amides is 2. The minimum atomic E-state index is -0.178. The maximum Gasteiger partial charge on any atom is 0.257 e. The molecule has 1 saturated heterocycles. The second-order valence-electron chi connectivity index (χ2n) is 8.07. The van der Waals surface area contributed by atoms with Crippen LogP contribution in [0.1, 0.15) is 21.5 Å². The molecule has 0 spiro atoms. The summed E-state index contributed by atoms with van der Waals surface area (Å²) in [6.07, 6.45) is 0. The van der Waals surface area contributed by atoms with Gasteiger partial charge < -0.3 is 15.3 Å². The smallest absolute Gasteiger partial charge is 0.257 e. The van der Waals surface area contributed by atoms with Crippen LogP contribution >= 0.6 is 0 Å². The van der Waals surface area contributed by atoms with Gasteiger partial charge in [0.1, 0.15) is 5.75 Å². The molecule has 4 rings (SSSR count). The Morgan fingerprint density at radius 1 is 0.903 bits per heavy atom.